The van der Waals surface area contributed by atoms with Crippen LogP contribution in [-0.2, 0) is 0 Å². The van der Waals surface area contributed by atoms with Crippen LogP contribution in [0.1, 0.15) is 29.8 Å². The highest BCUT2D eigenvalue weighted by atomic mass is 19.1. The minimum absolute atomic E-state index is 0.195. The maximum atomic E-state index is 13.2. The lowest BCUT2D eigenvalue weighted by Crippen LogP contribution is -2.10. The molecule has 0 aliphatic heterocycles. The van der Waals surface area contributed by atoms with Crippen LogP contribution in [0.3, 0.4) is 0 Å². The van der Waals surface area contributed by atoms with E-state index in [9.17, 15) is 9.65 Å². The molecule has 8 nitrogen and oxygen atoms in total. The molecule has 1 aromatic carbocycles. The third-order valence-corrected chi connectivity index (χ3v) is 4.92. The highest BCUT2D eigenvalue weighted by Crippen LogP contribution is 2.27. The molecule has 0 saturated heterocycles. The van der Waals surface area contributed by atoms with Gasteiger partial charge in [-0.3, -0.25) is 0 Å². The molecule has 3 aromatic heterocycles. The highest BCUT2D eigenvalue weighted by Gasteiger charge is 2.15. The zero-order valence-electron chi connectivity index (χ0n) is 17.7. The second-order valence-electron chi connectivity index (χ2n) is 7.17. The van der Waals surface area contributed by atoms with Crippen molar-refractivity contribution in [1.29, 1.82) is 5.26 Å². The van der Waals surface area contributed by atoms with Gasteiger partial charge in [0.15, 0.2) is 5.82 Å². The topological polar surface area (TPSA) is 102 Å². The monoisotopic (exact) mass is 429 g/mol. The van der Waals surface area contributed by atoms with Gasteiger partial charge in [0, 0.05) is 6.20 Å². The summed E-state index contributed by atoms with van der Waals surface area (Å²) in [6.45, 7) is 3.79. The number of methoxy groups -OCH3 is 1. The second-order valence-corrected chi connectivity index (χ2v) is 7.17. The van der Waals surface area contributed by atoms with E-state index in [1.807, 2.05) is 30.7 Å². The average molecular weight is 429 g/mol. The smallest absolute Gasteiger partial charge is 0.238 e. The molecule has 0 bridgehead atoms. The Balaban J connectivity index is 1.62. The summed E-state index contributed by atoms with van der Waals surface area (Å²) in [5, 5.41) is 21.2. The van der Waals surface area contributed by atoms with Crippen molar-refractivity contribution in [2.24, 2.45) is 0 Å². The Kier molecular flexibility index (Phi) is 5.77. The molecule has 4 rings (SSSR count). The Morgan fingerprint density at radius 3 is 2.56 bits per heavy atom. The first-order valence-corrected chi connectivity index (χ1v) is 9.84. The SMILES string of the molecule is COc1nc(-c2cc(C#N)c(N[C@@H](C)c3ccc(F)cc3)nn2)ccc1-n1cnc(C)c1. The summed E-state index contributed by atoms with van der Waals surface area (Å²) in [6, 6.07) is 13.3. The van der Waals surface area contributed by atoms with E-state index in [1.54, 1.807) is 30.6 Å². The third kappa shape index (κ3) is 4.25. The summed E-state index contributed by atoms with van der Waals surface area (Å²) < 4.78 is 20.4. The molecule has 0 aliphatic carbocycles. The number of nitrogens with one attached hydrogen (secondary N) is 1. The quantitative estimate of drug-likeness (QED) is 0.489. The standard InChI is InChI=1S/C23H20FN7O/c1-14-12-31(13-26-14)21-9-8-19(28-23(21)32-3)20-10-17(11-25)22(30-29-20)27-15(2)16-4-6-18(24)7-5-16/h4-10,12-13,15H,1-3H3,(H,27,30)/t15-/m0/s1. The lowest BCUT2D eigenvalue weighted by Gasteiger charge is -2.16. The van der Waals surface area contributed by atoms with E-state index in [2.05, 4.69) is 31.6 Å². The molecule has 0 saturated carbocycles. The molecule has 1 N–H and O–H groups in total. The van der Waals surface area contributed by atoms with Gasteiger partial charge in [-0.15, -0.1) is 10.2 Å². The Morgan fingerprint density at radius 2 is 1.91 bits per heavy atom. The van der Waals surface area contributed by atoms with E-state index in [0.29, 0.717) is 28.6 Å². The fourth-order valence-electron chi connectivity index (χ4n) is 3.22. The highest BCUT2D eigenvalue weighted by molar-refractivity contribution is 5.63. The predicted octanol–water partition coefficient (Wildman–Crippen LogP) is 4.23. The number of imidazole rings is 1. The molecule has 0 aliphatic rings. The lowest BCUT2D eigenvalue weighted by molar-refractivity contribution is 0.396. The van der Waals surface area contributed by atoms with Crippen LogP contribution >= 0.6 is 0 Å². The predicted molar refractivity (Wildman–Crippen MR) is 117 cm³/mol. The van der Waals surface area contributed by atoms with E-state index in [1.165, 1.54) is 19.2 Å². The molecule has 9 heteroatoms. The molecule has 0 fully saturated rings. The zero-order valence-corrected chi connectivity index (χ0v) is 17.7. The van der Waals surface area contributed by atoms with E-state index in [-0.39, 0.29) is 11.9 Å². The third-order valence-electron chi connectivity index (χ3n) is 4.92. The zero-order chi connectivity index (χ0) is 22.7. The van der Waals surface area contributed by atoms with Crippen LogP contribution in [-0.4, -0.2) is 31.8 Å². The van der Waals surface area contributed by atoms with Crippen LogP contribution in [0.25, 0.3) is 17.1 Å². The van der Waals surface area contributed by atoms with Crippen LogP contribution in [0.4, 0.5) is 10.2 Å². The van der Waals surface area contributed by atoms with Gasteiger partial charge in [-0.05, 0) is 49.7 Å². The van der Waals surface area contributed by atoms with Crippen LogP contribution in [0.15, 0.2) is 55.0 Å². The normalized spacial score (nSPS) is 11.6. The van der Waals surface area contributed by atoms with Crippen LogP contribution in [0.5, 0.6) is 5.88 Å². The van der Waals surface area contributed by atoms with Gasteiger partial charge in [0.05, 0.1) is 36.4 Å². The number of aryl methyl sites for hydroxylation is 1. The van der Waals surface area contributed by atoms with E-state index in [0.717, 1.165) is 16.9 Å². The molecule has 0 unspecified atom stereocenters. The summed E-state index contributed by atoms with van der Waals surface area (Å²) >= 11 is 0. The van der Waals surface area contributed by atoms with Crippen LogP contribution in [0.2, 0.25) is 0 Å². The molecule has 0 spiro atoms. The number of nitriles is 1. The van der Waals surface area contributed by atoms with Crippen LogP contribution < -0.4 is 10.1 Å². The number of rotatable bonds is 6. The van der Waals surface area contributed by atoms with Gasteiger partial charge < -0.3 is 14.6 Å². The molecule has 0 amide bonds. The second kappa shape index (κ2) is 8.81. The van der Waals surface area contributed by atoms with Gasteiger partial charge in [0.1, 0.15) is 23.3 Å². The van der Waals surface area contributed by atoms with E-state index >= 15 is 0 Å². The lowest BCUT2D eigenvalue weighted by atomic mass is 10.1. The van der Waals surface area contributed by atoms with Crippen molar-refractivity contribution in [3.63, 3.8) is 0 Å². The summed E-state index contributed by atoms with van der Waals surface area (Å²) in [5.41, 5.74) is 3.74. The number of nitrogens with zero attached hydrogens (tertiary/aromatic N) is 6. The molecule has 160 valence electrons. The van der Waals surface area contributed by atoms with Gasteiger partial charge in [-0.25, -0.2) is 14.4 Å². The Hall–Kier alpha value is -4.32. The van der Waals surface area contributed by atoms with Crippen molar-refractivity contribution < 1.29 is 9.13 Å². The Morgan fingerprint density at radius 1 is 1.12 bits per heavy atom. The van der Waals surface area contributed by atoms with Gasteiger partial charge in [-0.1, -0.05) is 12.1 Å². The first-order chi connectivity index (χ1) is 15.5. The van der Waals surface area contributed by atoms with Crippen molar-refractivity contribution in [1.82, 2.24) is 24.7 Å². The number of pyridine rings is 1. The summed E-state index contributed by atoms with van der Waals surface area (Å²) in [4.78, 5) is 8.76. The van der Waals surface area contributed by atoms with E-state index in [4.69, 9.17) is 4.74 Å². The maximum Gasteiger partial charge on any atom is 0.238 e. The Labute approximate surface area is 184 Å². The molecule has 4 aromatic rings. The first kappa shape index (κ1) is 20.9. The molecule has 3 heterocycles. The summed E-state index contributed by atoms with van der Waals surface area (Å²) in [7, 11) is 1.54. The Bertz CT molecular complexity index is 1290. The number of anilines is 1. The minimum Gasteiger partial charge on any atom is -0.479 e. The summed E-state index contributed by atoms with van der Waals surface area (Å²) in [6.07, 6.45) is 3.56. The van der Waals surface area contributed by atoms with Gasteiger partial charge >= 0.3 is 0 Å². The van der Waals surface area contributed by atoms with E-state index < -0.39 is 0 Å². The van der Waals surface area contributed by atoms with Crippen molar-refractivity contribution in [2.75, 3.05) is 12.4 Å². The fraction of sp³-hybridized carbons (Fsp3) is 0.174. The number of halogens is 1. The number of aromatic nitrogens is 5. The maximum absolute atomic E-state index is 13.2. The summed E-state index contributed by atoms with van der Waals surface area (Å²) in [5.74, 6) is 0.429. The van der Waals surface area contributed by atoms with Crippen LogP contribution in [0, 0.1) is 24.1 Å². The molecule has 1 atom stereocenters. The van der Waals surface area contributed by atoms with Gasteiger partial charge in [0.25, 0.3) is 0 Å². The number of ether oxygens (including phenoxy) is 1. The minimum atomic E-state index is -0.306. The molecular weight excluding hydrogens is 409 g/mol. The van der Waals surface area contributed by atoms with Crippen molar-refractivity contribution >= 4 is 5.82 Å². The van der Waals surface area contributed by atoms with Gasteiger partial charge in [-0.2, -0.15) is 5.26 Å². The molecule has 0 radical (unpaired) electrons. The molecular formula is C23H20FN7O. The number of hydrogen-bond acceptors (Lipinski definition) is 7. The fourth-order valence-corrected chi connectivity index (χ4v) is 3.22. The van der Waals surface area contributed by atoms with Crippen molar-refractivity contribution in [3.05, 3.63) is 77.6 Å². The van der Waals surface area contributed by atoms with Crippen molar-refractivity contribution in [2.45, 2.75) is 19.9 Å². The average Bonchev–Trinajstić information content (AvgIpc) is 3.25. The van der Waals surface area contributed by atoms with Crippen molar-refractivity contribution in [3.8, 4) is 29.0 Å². The van der Waals surface area contributed by atoms with Gasteiger partial charge in [0.2, 0.25) is 5.88 Å². The first-order valence-electron chi connectivity index (χ1n) is 9.84. The number of hydrogen-bond donors (Lipinski definition) is 1. The molecule has 32 heavy (non-hydrogen) atoms. The largest absolute Gasteiger partial charge is 0.479 e. The number of benzene rings is 1.